The van der Waals surface area contributed by atoms with Gasteiger partial charge in [-0.25, -0.2) is 4.98 Å². The second-order valence-corrected chi connectivity index (χ2v) is 2.64. The predicted molar refractivity (Wildman–Crippen MR) is 46.1 cm³/mol. The molecule has 0 aliphatic heterocycles. The van der Waals surface area contributed by atoms with Crippen molar-refractivity contribution >= 4 is 5.91 Å². The molecule has 0 saturated heterocycles. The molecule has 0 spiro atoms. The van der Waals surface area contributed by atoms with E-state index < -0.39 is 0 Å². The van der Waals surface area contributed by atoms with Crippen LogP contribution in [0.3, 0.4) is 0 Å². The van der Waals surface area contributed by atoms with E-state index in [2.05, 4.69) is 4.98 Å². The van der Waals surface area contributed by atoms with Gasteiger partial charge in [0, 0.05) is 0 Å². The number of hydrogen-bond donors (Lipinski definition) is 1. The second-order valence-electron chi connectivity index (χ2n) is 2.64. The van der Waals surface area contributed by atoms with Crippen LogP contribution in [0.1, 0.15) is 22.0 Å². The third-order valence-electron chi connectivity index (χ3n) is 1.75. The molecule has 1 aromatic rings. The maximum atomic E-state index is 11.3. The Labute approximate surface area is 75.8 Å². The summed E-state index contributed by atoms with van der Waals surface area (Å²) in [6.07, 6.45) is 0. The summed E-state index contributed by atoms with van der Waals surface area (Å²) in [5.74, 6) is 0.194. The topological polar surface area (TPSA) is 84.7 Å². The Hall–Kier alpha value is -1.67. The highest BCUT2D eigenvalue weighted by molar-refractivity contribution is 5.82. The van der Waals surface area contributed by atoms with Gasteiger partial charge in [0.25, 0.3) is 0 Å². The first-order chi connectivity index (χ1) is 6.11. The summed E-state index contributed by atoms with van der Waals surface area (Å²) < 4.78 is 1.25. The lowest BCUT2D eigenvalue weighted by molar-refractivity contribution is 0.0920. The molecule has 5 heteroatoms. The number of hydrogen-bond acceptors (Lipinski definition) is 4. The monoisotopic (exact) mass is 178 g/mol. The Morgan fingerprint density at radius 2 is 2.31 bits per heavy atom. The number of nitrogens with two attached hydrogens (primary N) is 1. The molecule has 0 amide bonds. The van der Waals surface area contributed by atoms with E-state index in [1.807, 2.05) is 6.07 Å². The highest BCUT2D eigenvalue weighted by atomic mass is 16.2. The lowest BCUT2D eigenvalue weighted by atomic mass is 10.3. The van der Waals surface area contributed by atoms with Crippen molar-refractivity contribution in [2.45, 2.75) is 13.8 Å². The fraction of sp³-hybridized carbons (Fsp3) is 0.375. The van der Waals surface area contributed by atoms with E-state index in [1.165, 1.54) is 4.57 Å². The van der Waals surface area contributed by atoms with Crippen LogP contribution in [-0.2, 0) is 0 Å². The maximum absolute atomic E-state index is 11.3. The van der Waals surface area contributed by atoms with E-state index in [9.17, 15) is 4.79 Å². The molecule has 2 N–H and O–H groups in total. The van der Waals surface area contributed by atoms with Crippen molar-refractivity contribution in [1.82, 2.24) is 9.55 Å². The molecular formula is C8H10N4O. The minimum atomic E-state index is -0.311. The van der Waals surface area contributed by atoms with E-state index >= 15 is 0 Å². The molecule has 1 heterocycles. The van der Waals surface area contributed by atoms with Gasteiger partial charge in [-0.1, -0.05) is 0 Å². The molecule has 0 fully saturated rings. The van der Waals surface area contributed by atoms with Crippen LogP contribution in [0, 0.1) is 25.2 Å². The van der Waals surface area contributed by atoms with Gasteiger partial charge < -0.3 is 5.73 Å². The molecule has 0 atom stereocenters. The van der Waals surface area contributed by atoms with Crippen molar-refractivity contribution in [1.29, 1.82) is 5.26 Å². The van der Waals surface area contributed by atoms with Crippen LogP contribution in [0.15, 0.2) is 0 Å². The molecule has 0 aromatic carbocycles. The van der Waals surface area contributed by atoms with E-state index in [0.717, 1.165) is 0 Å². The number of aromatic nitrogens is 2. The van der Waals surface area contributed by atoms with Crippen molar-refractivity contribution in [2.75, 3.05) is 6.54 Å². The molecule has 0 bridgehead atoms. The molecule has 5 nitrogen and oxygen atoms in total. The van der Waals surface area contributed by atoms with Crippen LogP contribution >= 0.6 is 0 Å². The zero-order valence-corrected chi connectivity index (χ0v) is 7.53. The van der Waals surface area contributed by atoms with E-state index in [4.69, 9.17) is 11.0 Å². The maximum Gasteiger partial charge on any atom is 0.246 e. The quantitative estimate of drug-likeness (QED) is 0.654. The number of carbonyl (C=O) groups is 1. The van der Waals surface area contributed by atoms with Gasteiger partial charge in [-0.15, -0.1) is 0 Å². The van der Waals surface area contributed by atoms with E-state index in [0.29, 0.717) is 11.5 Å². The average molecular weight is 178 g/mol. The summed E-state index contributed by atoms with van der Waals surface area (Å²) in [5, 5.41) is 8.75. The number of imidazole rings is 1. The molecule has 13 heavy (non-hydrogen) atoms. The summed E-state index contributed by atoms with van der Waals surface area (Å²) in [7, 11) is 0. The Bertz CT molecular complexity index is 386. The smallest absolute Gasteiger partial charge is 0.246 e. The molecule has 68 valence electrons. The number of carbonyl (C=O) groups excluding carboxylic acids is 1. The van der Waals surface area contributed by atoms with Crippen molar-refractivity contribution in [3.8, 4) is 6.07 Å². The van der Waals surface area contributed by atoms with Crippen LogP contribution in [0.5, 0.6) is 0 Å². The molecule has 0 aliphatic rings. The van der Waals surface area contributed by atoms with Crippen LogP contribution in [0.4, 0.5) is 0 Å². The standard InChI is InChI=1S/C8H10N4O/c1-5-7(3-9)12(6(2)11-5)8(13)4-10/h4,10H2,1-2H3. The lowest BCUT2D eigenvalue weighted by Gasteiger charge is -2.01. The second kappa shape index (κ2) is 3.37. The summed E-state index contributed by atoms with van der Waals surface area (Å²) in [6, 6.07) is 1.92. The summed E-state index contributed by atoms with van der Waals surface area (Å²) >= 11 is 0. The number of aryl methyl sites for hydroxylation is 2. The molecule has 1 aromatic heterocycles. The summed E-state index contributed by atoms with van der Waals surface area (Å²) in [5.41, 5.74) is 6.03. The fourth-order valence-electron chi connectivity index (χ4n) is 1.20. The molecule has 1 rings (SSSR count). The zero-order valence-electron chi connectivity index (χ0n) is 7.53. The van der Waals surface area contributed by atoms with Crippen LogP contribution in [0.25, 0.3) is 0 Å². The first-order valence-corrected chi connectivity index (χ1v) is 3.81. The van der Waals surface area contributed by atoms with Gasteiger partial charge in [-0.2, -0.15) is 5.26 Å². The predicted octanol–water partition coefficient (Wildman–Crippen LogP) is -0.0295. The van der Waals surface area contributed by atoms with Gasteiger partial charge in [-0.3, -0.25) is 9.36 Å². The van der Waals surface area contributed by atoms with Gasteiger partial charge in [0.2, 0.25) is 5.91 Å². The highest BCUT2D eigenvalue weighted by Gasteiger charge is 2.15. The summed E-state index contributed by atoms with van der Waals surface area (Å²) in [4.78, 5) is 15.3. The normalized spacial score (nSPS) is 9.69. The van der Waals surface area contributed by atoms with Crippen molar-refractivity contribution in [3.05, 3.63) is 17.2 Å². The number of nitrogens with zero attached hydrogens (tertiary/aromatic N) is 3. The van der Waals surface area contributed by atoms with Gasteiger partial charge >= 0.3 is 0 Å². The average Bonchev–Trinajstić information content (AvgIpc) is 2.39. The fourth-order valence-corrected chi connectivity index (χ4v) is 1.20. The molecule has 0 aliphatic carbocycles. The third-order valence-corrected chi connectivity index (χ3v) is 1.75. The first kappa shape index (κ1) is 9.42. The van der Waals surface area contributed by atoms with Gasteiger partial charge in [0.1, 0.15) is 17.6 Å². The van der Waals surface area contributed by atoms with Crippen LogP contribution in [-0.4, -0.2) is 22.0 Å². The van der Waals surface area contributed by atoms with Crippen molar-refractivity contribution in [3.63, 3.8) is 0 Å². The first-order valence-electron chi connectivity index (χ1n) is 3.81. The van der Waals surface area contributed by atoms with Crippen molar-refractivity contribution < 1.29 is 4.79 Å². The third kappa shape index (κ3) is 1.44. The van der Waals surface area contributed by atoms with Gasteiger partial charge in [-0.05, 0) is 13.8 Å². The molecule has 0 unspecified atom stereocenters. The SMILES string of the molecule is Cc1nc(C)n(C(=O)CN)c1C#N. The number of nitriles is 1. The largest absolute Gasteiger partial charge is 0.322 e. The molecule has 0 saturated carbocycles. The molecular weight excluding hydrogens is 168 g/mol. The Kier molecular flexibility index (Phi) is 2.44. The van der Waals surface area contributed by atoms with Crippen LogP contribution in [0.2, 0.25) is 0 Å². The van der Waals surface area contributed by atoms with E-state index in [-0.39, 0.29) is 18.1 Å². The number of rotatable bonds is 1. The van der Waals surface area contributed by atoms with Gasteiger partial charge in [0.15, 0.2) is 0 Å². The zero-order chi connectivity index (χ0) is 10.0. The minimum Gasteiger partial charge on any atom is -0.322 e. The van der Waals surface area contributed by atoms with E-state index in [1.54, 1.807) is 13.8 Å². The molecule has 0 radical (unpaired) electrons. The van der Waals surface area contributed by atoms with Crippen LogP contribution < -0.4 is 5.73 Å². The summed E-state index contributed by atoms with van der Waals surface area (Å²) in [6.45, 7) is 3.23. The highest BCUT2D eigenvalue weighted by Crippen LogP contribution is 2.08. The van der Waals surface area contributed by atoms with Gasteiger partial charge in [0.05, 0.1) is 12.2 Å². The lowest BCUT2D eigenvalue weighted by Crippen LogP contribution is -2.23. The Morgan fingerprint density at radius 1 is 1.69 bits per heavy atom. The Morgan fingerprint density at radius 3 is 2.77 bits per heavy atom. The minimum absolute atomic E-state index is 0.120. The Balaban J connectivity index is 3.35. The van der Waals surface area contributed by atoms with Crippen molar-refractivity contribution in [2.24, 2.45) is 5.73 Å².